The molecule has 20 heavy (non-hydrogen) atoms. The lowest BCUT2D eigenvalue weighted by Crippen LogP contribution is -2.31. The molecule has 1 saturated heterocycles. The van der Waals surface area contributed by atoms with Crippen LogP contribution in [0.2, 0.25) is 0 Å². The van der Waals surface area contributed by atoms with Crippen molar-refractivity contribution in [3.05, 3.63) is 29.6 Å². The number of amides is 1. The average molecular weight is 279 g/mol. The quantitative estimate of drug-likeness (QED) is 0.866. The van der Waals surface area contributed by atoms with E-state index in [1.54, 1.807) is 12.1 Å². The Hall–Kier alpha value is -1.62. The second-order valence-corrected chi connectivity index (χ2v) is 5.32. The predicted octanol–water partition coefficient (Wildman–Crippen LogP) is 1.94. The third-order valence-corrected chi connectivity index (χ3v) is 3.65. The van der Waals surface area contributed by atoms with Gasteiger partial charge in [0.05, 0.1) is 11.3 Å². The van der Waals surface area contributed by atoms with Gasteiger partial charge in [0.15, 0.2) is 0 Å². The molecule has 1 heterocycles. The van der Waals surface area contributed by atoms with Gasteiger partial charge in [-0.1, -0.05) is 6.07 Å². The highest BCUT2D eigenvalue weighted by Gasteiger charge is 2.21. The number of benzene rings is 1. The van der Waals surface area contributed by atoms with Crippen LogP contribution in [0.1, 0.15) is 23.7 Å². The Kier molecular flexibility index (Phi) is 4.95. The molecule has 5 heteroatoms. The minimum atomic E-state index is -0.389. The average Bonchev–Trinajstić information content (AvgIpc) is 2.84. The van der Waals surface area contributed by atoms with E-state index < -0.39 is 0 Å². The summed E-state index contributed by atoms with van der Waals surface area (Å²) in [6, 6.07) is 4.58. The van der Waals surface area contributed by atoms with Crippen LogP contribution in [0.4, 0.5) is 10.1 Å². The zero-order chi connectivity index (χ0) is 14.5. The molecule has 2 N–H and O–H groups in total. The molecule has 0 aliphatic carbocycles. The Morgan fingerprint density at radius 1 is 1.50 bits per heavy atom. The molecule has 110 valence electrons. The van der Waals surface area contributed by atoms with Gasteiger partial charge in [-0.3, -0.25) is 4.79 Å². The number of anilines is 1. The summed E-state index contributed by atoms with van der Waals surface area (Å²) in [5, 5.41) is 5.83. The molecule has 0 bridgehead atoms. The number of hydrogen-bond acceptors (Lipinski definition) is 3. The fourth-order valence-electron chi connectivity index (χ4n) is 2.59. The van der Waals surface area contributed by atoms with Crippen LogP contribution in [0.15, 0.2) is 18.2 Å². The molecule has 1 atom stereocenters. The van der Waals surface area contributed by atoms with Gasteiger partial charge >= 0.3 is 0 Å². The van der Waals surface area contributed by atoms with Crippen molar-refractivity contribution >= 4 is 11.6 Å². The van der Waals surface area contributed by atoms with E-state index in [-0.39, 0.29) is 17.4 Å². The molecule has 4 nitrogen and oxygen atoms in total. The van der Waals surface area contributed by atoms with E-state index in [2.05, 4.69) is 22.6 Å². The van der Waals surface area contributed by atoms with Crippen molar-refractivity contribution in [3.63, 3.8) is 0 Å². The summed E-state index contributed by atoms with van der Waals surface area (Å²) >= 11 is 0. The van der Waals surface area contributed by atoms with E-state index in [0.717, 1.165) is 19.5 Å². The summed E-state index contributed by atoms with van der Waals surface area (Å²) < 4.78 is 13.7. The standard InChI is InChI=1S/C15H22FN3O/c1-3-17-14-12(5-4-6-13(14)16)15(20)18-9-11-7-8-19(2)10-11/h4-6,11,17H,3,7-10H2,1-2H3,(H,18,20). The molecule has 1 aromatic carbocycles. The third kappa shape index (κ3) is 3.48. The normalized spacial score (nSPS) is 19.1. The molecule has 1 amide bonds. The summed E-state index contributed by atoms with van der Waals surface area (Å²) in [5.74, 6) is -0.116. The summed E-state index contributed by atoms with van der Waals surface area (Å²) in [7, 11) is 2.08. The molecule has 0 saturated carbocycles. The zero-order valence-electron chi connectivity index (χ0n) is 12.1. The first kappa shape index (κ1) is 14.8. The molecule has 1 aromatic rings. The molecule has 1 aliphatic rings. The predicted molar refractivity (Wildman–Crippen MR) is 78.5 cm³/mol. The summed E-state index contributed by atoms with van der Waals surface area (Å²) in [6.45, 7) is 5.18. The highest BCUT2D eigenvalue weighted by molar-refractivity contribution is 5.99. The van der Waals surface area contributed by atoms with E-state index >= 15 is 0 Å². The van der Waals surface area contributed by atoms with E-state index in [9.17, 15) is 9.18 Å². The first-order valence-corrected chi connectivity index (χ1v) is 7.11. The Labute approximate surface area is 119 Å². The number of para-hydroxylation sites is 1. The fraction of sp³-hybridized carbons (Fsp3) is 0.533. The van der Waals surface area contributed by atoms with Crippen molar-refractivity contribution in [1.82, 2.24) is 10.2 Å². The maximum atomic E-state index is 13.7. The molecule has 0 aromatic heterocycles. The number of carbonyl (C=O) groups excluding carboxylic acids is 1. The fourth-order valence-corrected chi connectivity index (χ4v) is 2.59. The van der Waals surface area contributed by atoms with Gasteiger partial charge in [-0.15, -0.1) is 0 Å². The smallest absolute Gasteiger partial charge is 0.253 e. The van der Waals surface area contributed by atoms with Gasteiger partial charge in [0.1, 0.15) is 5.82 Å². The molecule has 1 aliphatic heterocycles. The van der Waals surface area contributed by atoms with Gasteiger partial charge in [-0.05, 0) is 45.0 Å². The third-order valence-electron chi connectivity index (χ3n) is 3.65. The molecule has 2 rings (SSSR count). The Morgan fingerprint density at radius 3 is 2.95 bits per heavy atom. The monoisotopic (exact) mass is 279 g/mol. The second kappa shape index (κ2) is 6.70. The molecule has 0 radical (unpaired) electrons. The summed E-state index contributed by atoms with van der Waals surface area (Å²) in [5.41, 5.74) is 0.661. The lowest BCUT2D eigenvalue weighted by Gasteiger charge is -2.14. The van der Waals surface area contributed by atoms with Crippen molar-refractivity contribution < 1.29 is 9.18 Å². The SMILES string of the molecule is CCNc1c(F)cccc1C(=O)NCC1CCN(C)C1. The largest absolute Gasteiger partial charge is 0.382 e. The molecular weight excluding hydrogens is 257 g/mol. The van der Waals surface area contributed by atoms with Crippen molar-refractivity contribution in [2.45, 2.75) is 13.3 Å². The van der Waals surface area contributed by atoms with Gasteiger partial charge in [0.2, 0.25) is 0 Å². The first-order chi connectivity index (χ1) is 9.61. The van der Waals surface area contributed by atoms with Crippen LogP contribution in [0, 0.1) is 11.7 Å². The van der Waals surface area contributed by atoms with E-state index in [0.29, 0.717) is 24.6 Å². The molecule has 1 fully saturated rings. The van der Waals surface area contributed by atoms with Crippen molar-refractivity contribution in [2.75, 3.05) is 38.5 Å². The van der Waals surface area contributed by atoms with Gasteiger partial charge in [-0.25, -0.2) is 4.39 Å². The van der Waals surface area contributed by atoms with E-state index in [1.165, 1.54) is 6.07 Å². The zero-order valence-corrected chi connectivity index (χ0v) is 12.1. The Balaban J connectivity index is 2.00. The first-order valence-electron chi connectivity index (χ1n) is 7.11. The van der Waals surface area contributed by atoms with Crippen LogP contribution < -0.4 is 10.6 Å². The highest BCUT2D eigenvalue weighted by Crippen LogP contribution is 2.20. The maximum absolute atomic E-state index is 13.7. The van der Waals surface area contributed by atoms with Gasteiger partial charge < -0.3 is 15.5 Å². The molecule has 0 spiro atoms. The Morgan fingerprint density at radius 2 is 2.30 bits per heavy atom. The van der Waals surface area contributed by atoms with Crippen LogP contribution in [-0.4, -0.2) is 44.0 Å². The van der Waals surface area contributed by atoms with Crippen LogP contribution in [0.5, 0.6) is 0 Å². The number of nitrogens with zero attached hydrogens (tertiary/aromatic N) is 1. The van der Waals surface area contributed by atoms with Gasteiger partial charge in [0, 0.05) is 19.6 Å². The lowest BCUT2D eigenvalue weighted by molar-refractivity contribution is 0.0948. The number of carbonyl (C=O) groups is 1. The van der Waals surface area contributed by atoms with Crippen LogP contribution >= 0.6 is 0 Å². The maximum Gasteiger partial charge on any atom is 0.253 e. The Bertz CT molecular complexity index is 478. The van der Waals surface area contributed by atoms with Gasteiger partial charge in [0.25, 0.3) is 5.91 Å². The second-order valence-electron chi connectivity index (χ2n) is 5.32. The topological polar surface area (TPSA) is 44.4 Å². The number of hydrogen-bond donors (Lipinski definition) is 2. The number of rotatable bonds is 5. The highest BCUT2D eigenvalue weighted by atomic mass is 19.1. The lowest BCUT2D eigenvalue weighted by atomic mass is 10.1. The number of nitrogens with one attached hydrogen (secondary N) is 2. The minimum absolute atomic E-state index is 0.213. The van der Waals surface area contributed by atoms with Crippen LogP contribution in [-0.2, 0) is 0 Å². The minimum Gasteiger partial charge on any atom is -0.382 e. The number of likely N-dealkylation sites (tertiary alicyclic amines) is 1. The summed E-state index contributed by atoms with van der Waals surface area (Å²) in [6.07, 6.45) is 1.10. The van der Waals surface area contributed by atoms with Crippen molar-refractivity contribution in [2.24, 2.45) is 5.92 Å². The molecule has 1 unspecified atom stereocenters. The van der Waals surface area contributed by atoms with Crippen molar-refractivity contribution in [3.8, 4) is 0 Å². The van der Waals surface area contributed by atoms with Crippen LogP contribution in [0.3, 0.4) is 0 Å². The van der Waals surface area contributed by atoms with Crippen LogP contribution in [0.25, 0.3) is 0 Å². The van der Waals surface area contributed by atoms with Gasteiger partial charge in [-0.2, -0.15) is 0 Å². The summed E-state index contributed by atoms with van der Waals surface area (Å²) in [4.78, 5) is 14.5. The number of halogens is 1. The van der Waals surface area contributed by atoms with E-state index in [1.807, 2.05) is 6.92 Å². The van der Waals surface area contributed by atoms with Crippen molar-refractivity contribution in [1.29, 1.82) is 0 Å². The van der Waals surface area contributed by atoms with E-state index in [4.69, 9.17) is 0 Å². The molecular formula is C15H22FN3O.